The van der Waals surface area contributed by atoms with Gasteiger partial charge in [-0.05, 0) is 37.6 Å². The van der Waals surface area contributed by atoms with Gasteiger partial charge in [0.05, 0.1) is 6.54 Å². The number of rotatable bonds is 7. The summed E-state index contributed by atoms with van der Waals surface area (Å²) in [5.41, 5.74) is 5.20. The van der Waals surface area contributed by atoms with Gasteiger partial charge in [-0.3, -0.25) is 9.79 Å². The highest BCUT2D eigenvalue weighted by Crippen LogP contribution is 2.18. The fraction of sp³-hybridized carbons (Fsp3) is 0.647. The maximum absolute atomic E-state index is 11.1. The molecular weight excluding hydrogens is 306 g/mol. The largest absolute Gasteiger partial charge is 0.454 e. The van der Waals surface area contributed by atoms with E-state index in [2.05, 4.69) is 34.0 Å². The third kappa shape index (κ3) is 4.74. The van der Waals surface area contributed by atoms with E-state index >= 15 is 0 Å². The first-order valence-electron chi connectivity index (χ1n) is 8.63. The number of furan rings is 1. The third-order valence-corrected chi connectivity index (χ3v) is 4.53. The summed E-state index contributed by atoms with van der Waals surface area (Å²) in [6.45, 7) is 10.3. The Labute approximate surface area is 143 Å². The molecule has 24 heavy (non-hydrogen) atoms. The Kier molecular flexibility index (Phi) is 6.66. The van der Waals surface area contributed by atoms with E-state index in [1.54, 1.807) is 19.2 Å². The molecule has 7 nitrogen and oxygen atoms in total. The molecule has 0 bridgehead atoms. The first-order chi connectivity index (χ1) is 11.6. The summed E-state index contributed by atoms with van der Waals surface area (Å²) in [4.78, 5) is 20.2. The number of nitrogens with zero attached hydrogens (tertiary/aromatic N) is 3. The molecule has 7 heteroatoms. The minimum Gasteiger partial charge on any atom is -0.454 e. The number of aliphatic imine (C=N–C) groups is 1. The van der Waals surface area contributed by atoms with Crippen LogP contribution in [0.3, 0.4) is 0 Å². The quantitative estimate of drug-likeness (QED) is 0.576. The monoisotopic (exact) mass is 335 g/mol. The molecular formula is C17H29N5O2. The Morgan fingerprint density at radius 1 is 1.46 bits per heavy atom. The summed E-state index contributed by atoms with van der Waals surface area (Å²) in [5.74, 6) is 1.85. The molecule has 134 valence electrons. The maximum Gasteiger partial charge on any atom is 0.284 e. The zero-order valence-electron chi connectivity index (χ0n) is 14.9. The van der Waals surface area contributed by atoms with Gasteiger partial charge in [0.25, 0.3) is 5.91 Å². The molecule has 0 spiro atoms. The normalized spacial score (nSPS) is 18.4. The zero-order chi connectivity index (χ0) is 17.5. The summed E-state index contributed by atoms with van der Waals surface area (Å²) in [7, 11) is 1.79. The number of nitrogens with two attached hydrogens (primary N) is 1. The molecule has 1 unspecified atom stereocenters. The minimum atomic E-state index is -0.551. The lowest BCUT2D eigenvalue weighted by Gasteiger charge is -2.24. The maximum atomic E-state index is 11.1. The highest BCUT2D eigenvalue weighted by atomic mass is 16.3. The smallest absolute Gasteiger partial charge is 0.284 e. The first kappa shape index (κ1) is 18.3. The molecule has 1 atom stereocenters. The van der Waals surface area contributed by atoms with Gasteiger partial charge in [0.15, 0.2) is 11.7 Å². The Bertz CT molecular complexity index is 565. The molecule has 1 amide bonds. The predicted octanol–water partition coefficient (Wildman–Crippen LogP) is 1.12. The lowest BCUT2D eigenvalue weighted by atomic mass is 10.1. The summed E-state index contributed by atoms with van der Waals surface area (Å²) in [5, 5.41) is 3.30. The van der Waals surface area contributed by atoms with Crippen LogP contribution in [-0.2, 0) is 6.54 Å². The molecule has 3 N–H and O–H groups in total. The van der Waals surface area contributed by atoms with E-state index in [4.69, 9.17) is 10.2 Å². The van der Waals surface area contributed by atoms with Crippen LogP contribution in [0, 0.1) is 5.92 Å². The van der Waals surface area contributed by atoms with Crippen molar-refractivity contribution in [3.63, 3.8) is 0 Å². The van der Waals surface area contributed by atoms with E-state index in [1.807, 2.05) is 0 Å². The Balaban J connectivity index is 1.84. The molecule has 0 radical (unpaired) electrons. The number of nitrogens with one attached hydrogen (secondary N) is 1. The van der Waals surface area contributed by atoms with Gasteiger partial charge in [-0.2, -0.15) is 0 Å². The number of carbonyl (C=O) groups excluding carboxylic acids is 1. The van der Waals surface area contributed by atoms with E-state index < -0.39 is 5.91 Å². The second-order valence-corrected chi connectivity index (χ2v) is 6.12. The molecule has 1 aliphatic rings. The van der Waals surface area contributed by atoms with Gasteiger partial charge in [-0.15, -0.1) is 0 Å². The summed E-state index contributed by atoms with van der Waals surface area (Å²) >= 11 is 0. The SMILES string of the molecule is CCN(CC)CC1CCN(C(=NC)NCc2ccc(C(N)=O)o2)C1. The molecule has 0 saturated carbocycles. The predicted molar refractivity (Wildman–Crippen MR) is 94.9 cm³/mol. The summed E-state index contributed by atoms with van der Waals surface area (Å²) in [6.07, 6.45) is 1.18. The zero-order valence-corrected chi connectivity index (χ0v) is 14.9. The van der Waals surface area contributed by atoms with Crippen LogP contribution in [0.4, 0.5) is 0 Å². The fourth-order valence-electron chi connectivity index (χ4n) is 3.12. The second kappa shape index (κ2) is 8.73. The Hall–Kier alpha value is -2.02. The number of guanidine groups is 1. The van der Waals surface area contributed by atoms with Crippen molar-refractivity contribution in [3.05, 3.63) is 23.7 Å². The molecule has 0 aromatic carbocycles. The number of hydrogen-bond acceptors (Lipinski definition) is 4. The van der Waals surface area contributed by atoms with Gasteiger partial charge in [0.2, 0.25) is 0 Å². The molecule has 1 aromatic heterocycles. The van der Waals surface area contributed by atoms with Crippen LogP contribution in [0.2, 0.25) is 0 Å². The lowest BCUT2D eigenvalue weighted by molar-refractivity contribution is 0.0972. The van der Waals surface area contributed by atoms with Gasteiger partial charge >= 0.3 is 0 Å². The summed E-state index contributed by atoms with van der Waals surface area (Å²) < 4.78 is 5.39. The van der Waals surface area contributed by atoms with Gasteiger partial charge in [-0.25, -0.2) is 0 Å². The minimum absolute atomic E-state index is 0.183. The Morgan fingerprint density at radius 2 is 2.21 bits per heavy atom. The first-order valence-corrected chi connectivity index (χ1v) is 8.63. The van der Waals surface area contributed by atoms with E-state index in [0.717, 1.165) is 38.7 Å². The van der Waals surface area contributed by atoms with Gasteiger partial charge in [0, 0.05) is 26.7 Å². The second-order valence-electron chi connectivity index (χ2n) is 6.12. The standard InChI is InChI=1S/C17H29N5O2/c1-4-21(5-2)11-13-8-9-22(12-13)17(19-3)20-10-14-6-7-15(24-14)16(18)23/h6-7,13H,4-5,8-12H2,1-3H3,(H2,18,23)(H,19,20). The fourth-order valence-corrected chi connectivity index (χ4v) is 3.12. The van der Waals surface area contributed by atoms with Crippen LogP contribution in [0.15, 0.2) is 21.5 Å². The van der Waals surface area contributed by atoms with Crippen LogP contribution in [0.25, 0.3) is 0 Å². The van der Waals surface area contributed by atoms with Crippen molar-refractivity contribution in [3.8, 4) is 0 Å². The molecule has 1 fully saturated rings. The van der Waals surface area contributed by atoms with Gasteiger partial charge < -0.3 is 25.3 Å². The number of amides is 1. The summed E-state index contributed by atoms with van der Waals surface area (Å²) in [6, 6.07) is 3.35. The third-order valence-electron chi connectivity index (χ3n) is 4.53. The van der Waals surface area contributed by atoms with Crippen LogP contribution < -0.4 is 11.1 Å². The van der Waals surface area contributed by atoms with E-state index in [-0.39, 0.29) is 5.76 Å². The Morgan fingerprint density at radius 3 is 2.79 bits per heavy atom. The molecule has 1 aromatic rings. The van der Waals surface area contributed by atoms with Crippen LogP contribution in [-0.4, -0.2) is 61.4 Å². The van der Waals surface area contributed by atoms with Crippen molar-refractivity contribution in [2.24, 2.45) is 16.6 Å². The van der Waals surface area contributed by atoms with Crippen molar-refractivity contribution < 1.29 is 9.21 Å². The number of likely N-dealkylation sites (tertiary alicyclic amines) is 1. The lowest BCUT2D eigenvalue weighted by Crippen LogP contribution is -2.40. The molecule has 1 saturated heterocycles. The van der Waals surface area contributed by atoms with Crippen LogP contribution in [0.1, 0.15) is 36.6 Å². The van der Waals surface area contributed by atoms with Crippen molar-refractivity contribution in [2.75, 3.05) is 39.8 Å². The van der Waals surface area contributed by atoms with Crippen molar-refractivity contribution in [1.29, 1.82) is 0 Å². The van der Waals surface area contributed by atoms with E-state index in [9.17, 15) is 4.79 Å². The van der Waals surface area contributed by atoms with Crippen molar-refractivity contribution in [1.82, 2.24) is 15.1 Å². The molecule has 2 heterocycles. The molecule has 2 rings (SSSR count). The van der Waals surface area contributed by atoms with Crippen molar-refractivity contribution >= 4 is 11.9 Å². The van der Waals surface area contributed by atoms with Gasteiger partial charge in [-0.1, -0.05) is 13.8 Å². The molecule has 1 aliphatic heterocycles. The van der Waals surface area contributed by atoms with Crippen LogP contribution >= 0.6 is 0 Å². The average Bonchev–Trinajstić information content (AvgIpc) is 3.23. The number of hydrogen-bond donors (Lipinski definition) is 2. The van der Waals surface area contributed by atoms with E-state index in [0.29, 0.717) is 18.2 Å². The highest BCUT2D eigenvalue weighted by molar-refractivity contribution is 5.89. The van der Waals surface area contributed by atoms with Gasteiger partial charge in [0.1, 0.15) is 5.76 Å². The molecule has 0 aliphatic carbocycles. The van der Waals surface area contributed by atoms with Crippen LogP contribution in [0.5, 0.6) is 0 Å². The highest BCUT2D eigenvalue weighted by Gasteiger charge is 2.26. The average molecular weight is 335 g/mol. The topological polar surface area (TPSA) is 87.1 Å². The van der Waals surface area contributed by atoms with E-state index in [1.165, 1.54) is 6.42 Å². The number of primary amides is 1. The number of carbonyl (C=O) groups is 1. The van der Waals surface area contributed by atoms with Crippen molar-refractivity contribution in [2.45, 2.75) is 26.8 Å².